The number of rotatable bonds is 6. The number of anilines is 1. The number of amides is 2. The van der Waals surface area contributed by atoms with Gasteiger partial charge in [-0.25, -0.2) is 9.07 Å². The molecule has 0 aliphatic carbocycles. The second kappa shape index (κ2) is 9.93. The second-order valence-corrected chi connectivity index (χ2v) is 8.68. The summed E-state index contributed by atoms with van der Waals surface area (Å²) in [5, 5.41) is 10.2. The maximum absolute atomic E-state index is 13.4. The quantitative estimate of drug-likeness (QED) is 0.403. The van der Waals surface area contributed by atoms with Crippen LogP contribution in [-0.4, -0.2) is 28.1 Å². The highest BCUT2D eigenvalue weighted by Crippen LogP contribution is 2.25. The number of aryl methyl sites for hydroxylation is 4. The zero-order valence-electron chi connectivity index (χ0n) is 20.1. The van der Waals surface area contributed by atoms with Crippen LogP contribution in [0, 0.1) is 33.5 Å². The number of benzene rings is 3. The first-order valence-corrected chi connectivity index (χ1v) is 11.3. The summed E-state index contributed by atoms with van der Waals surface area (Å²) in [7, 11) is 0. The predicted molar refractivity (Wildman–Crippen MR) is 135 cm³/mol. The molecule has 0 bridgehead atoms. The molecule has 2 amide bonds. The molecule has 0 spiro atoms. The first kappa shape index (κ1) is 23.9. The third-order valence-corrected chi connectivity index (χ3v) is 5.73. The van der Waals surface area contributed by atoms with E-state index in [4.69, 9.17) is 0 Å². The highest BCUT2D eigenvalue weighted by Gasteiger charge is 2.20. The predicted octanol–water partition coefficient (Wildman–Crippen LogP) is 5.28. The van der Waals surface area contributed by atoms with Gasteiger partial charge in [-0.05, 0) is 63.1 Å². The summed E-state index contributed by atoms with van der Waals surface area (Å²) in [6, 6.07) is 17.5. The molecule has 3 aromatic carbocycles. The van der Waals surface area contributed by atoms with Crippen LogP contribution in [0.3, 0.4) is 0 Å². The monoisotopic (exact) mass is 470 g/mol. The van der Waals surface area contributed by atoms with Crippen molar-refractivity contribution in [3.05, 3.63) is 100 Å². The van der Waals surface area contributed by atoms with Gasteiger partial charge in [-0.1, -0.05) is 47.5 Å². The Morgan fingerprint density at radius 3 is 2.14 bits per heavy atom. The van der Waals surface area contributed by atoms with E-state index in [2.05, 4.69) is 15.7 Å². The Balaban J connectivity index is 1.57. The zero-order chi connectivity index (χ0) is 25.1. The molecule has 0 aliphatic rings. The van der Waals surface area contributed by atoms with Crippen LogP contribution in [0.25, 0.3) is 16.9 Å². The van der Waals surface area contributed by atoms with Crippen molar-refractivity contribution in [1.82, 2.24) is 15.1 Å². The van der Waals surface area contributed by atoms with Gasteiger partial charge < -0.3 is 10.6 Å². The number of aromatic nitrogens is 2. The Bertz CT molecular complexity index is 1370. The summed E-state index contributed by atoms with van der Waals surface area (Å²) < 4.78 is 14.9. The third-order valence-electron chi connectivity index (χ3n) is 5.73. The van der Waals surface area contributed by atoms with Gasteiger partial charge in [0.15, 0.2) is 0 Å². The van der Waals surface area contributed by atoms with Gasteiger partial charge in [-0.3, -0.25) is 9.59 Å². The number of hydrogen-bond acceptors (Lipinski definition) is 3. The summed E-state index contributed by atoms with van der Waals surface area (Å²) in [6.07, 6.45) is 1.59. The van der Waals surface area contributed by atoms with Crippen LogP contribution < -0.4 is 10.6 Å². The van der Waals surface area contributed by atoms with Gasteiger partial charge in [-0.2, -0.15) is 5.10 Å². The van der Waals surface area contributed by atoms with Crippen LogP contribution in [0.2, 0.25) is 0 Å². The van der Waals surface area contributed by atoms with E-state index >= 15 is 0 Å². The van der Waals surface area contributed by atoms with Crippen LogP contribution in [0.5, 0.6) is 0 Å². The van der Waals surface area contributed by atoms with Crippen molar-refractivity contribution in [3.8, 4) is 16.9 Å². The summed E-state index contributed by atoms with van der Waals surface area (Å²) >= 11 is 0. The fourth-order valence-corrected chi connectivity index (χ4v) is 4.01. The molecule has 0 saturated heterocycles. The van der Waals surface area contributed by atoms with Gasteiger partial charge in [0.2, 0.25) is 5.91 Å². The summed E-state index contributed by atoms with van der Waals surface area (Å²) in [6.45, 7) is 7.66. The number of carbonyl (C=O) groups is 2. The Labute approximate surface area is 203 Å². The molecule has 1 aromatic heterocycles. The van der Waals surface area contributed by atoms with Crippen molar-refractivity contribution in [3.63, 3.8) is 0 Å². The molecule has 0 atom stereocenters. The van der Waals surface area contributed by atoms with E-state index in [0.29, 0.717) is 16.9 Å². The van der Waals surface area contributed by atoms with E-state index in [1.54, 1.807) is 18.3 Å². The van der Waals surface area contributed by atoms with Crippen molar-refractivity contribution in [1.29, 1.82) is 0 Å². The maximum atomic E-state index is 13.4. The summed E-state index contributed by atoms with van der Waals surface area (Å²) in [5.74, 6) is -1.11. The molecule has 7 heteroatoms. The molecule has 1 heterocycles. The van der Waals surface area contributed by atoms with Crippen LogP contribution >= 0.6 is 0 Å². The average molecular weight is 471 g/mol. The Kier molecular flexibility index (Phi) is 6.78. The van der Waals surface area contributed by atoms with Gasteiger partial charge in [-0.15, -0.1) is 0 Å². The lowest BCUT2D eigenvalue weighted by Gasteiger charge is -2.13. The normalized spacial score (nSPS) is 10.8. The van der Waals surface area contributed by atoms with E-state index in [-0.39, 0.29) is 18.3 Å². The lowest BCUT2D eigenvalue weighted by molar-refractivity contribution is -0.115. The molecule has 4 rings (SSSR count). The van der Waals surface area contributed by atoms with Gasteiger partial charge in [0.1, 0.15) is 11.5 Å². The SMILES string of the molecule is Cc1ccc(-c2nn(-c3ccc(F)cc3)cc2C(=O)NCC(=O)Nc2c(C)cc(C)cc2C)cc1. The fraction of sp³-hybridized carbons (Fsp3) is 0.179. The maximum Gasteiger partial charge on any atom is 0.255 e. The molecule has 4 aromatic rings. The van der Waals surface area contributed by atoms with E-state index in [0.717, 1.165) is 33.5 Å². The molecule has 0 aliphatic heterocycles. The second-order valence-electron chi connectivity index (χ2n) is 8.68. The lowest BCUT2D eigenvalue weighted by atomic mass is 10.1. The number of carbonyl (C=O) groups excluding carboxylic acids is 2. The molecule has 0 radical (unpaired) electrons. The van der Waals surface area contributed by atoms with E-state index < -0.39 is 5.91 Å². The Morgan fingerprint density at radius 1 is 0.886 bits per heavy atom. The highest BCUT2D eigenvalue weighted by atomic mass is 19.1. The standard InChI is InChI=1S/C28H27FN4O2/c1-17-5-7-21(8-6-17)27-24(16-33(32-27)23-11-9-22(29)10-12-23)28(35)30-15-25(34)31-26-19(3)13-18(2)14-20(26)4/h5-14,16H,15H2,1-4H3,(H,30,35)(H,31,34). The highest BCUT2D eigenvalue weighted by molar-refractivity contribution is 6.03. The number of nitrogens with one attached hydrogen (secondary N) is 2. The van der Waals surface area contributed by atoms with Crippen LogP contribution in [-0.2, 0) is 4.79 Å². The molecule has 0 unspecified atom stereocenters. The molecule has 178 valence electrons. The van der Waals surface area contributed by atoms with Gasteiger partial charge >= 0.3 is 0 Å². The van der Waals surface area contributed by atoms with E-state index in [1.807, 2.05) is 64.1 Å². The number of halogens is 1. The van der Waals surface area contributed by atoms with E-state index in [9.17, 15) is 14.0 Å². The Morgan fingerprint density at radius 2 is 1.51 bits per heavy atom. The zero-order valence-corrected chi connectivity index (χ0v) is 20.1. The minimum atomic E-state index is -0.429. The molecule has 2 N–H and O–H groups in total. The fourth-order valence-electron chi connectivity index (χ4n) is 4.01. The third kappa shape index (κ3) is 5.46. The first-order chi connectivity index (χ1) is 16.7. The summed E-state index contributed by atoms with van der Waals surface area (Å²) in [4.78, 5) is 25.7. The smallest absolute Gasteiger partial charge is 0.255 e. The molecule has 0 saturated carbocycles. The van der Waals surface area contributed by atoms with Gasteiger partial charge in [0, 0.05) is 17.4 Å². The van der Waals surface area contributed by atoms with Crippen molar-refractivity contribution >= 4 is 17.5 Å². The Hall–Kier alpha value is -4.26. The molecule has 6 nitrogen and oxygen atoms in total. The van der Waals surface area contributed by atoms with Crippen molar-refractivity contribution in [2.45, 2.75) is 27.7 Å². The topological polar surface area (TPSA) is 76.0 Å². The summed E-state index contributed by atoms with van der Waals surface area (Å²) in [5.41, 5.74) is 7.03. The van der Waals surface area contributed by atoms with Crippen LogP contribution in [0.4, 0.5) is 10.1 Å². The average Bonchev–Trinajstić information content (AvgIpc) is 3.26. The minimum Gasteiger partial charge on any atom is -0.343 e. The molecular formula is C28H27FN4O2. The lowest BCUT2D eigenvalue weighted by Crippen LogP contribution is -2.33. The number of hydrogen-bond donors (Lipinski definition) is 2. The van der Waals surface area contributed by atoms with Crippen molar-refractivity contribution < 1.29 is 14.0 Å². The molecule has 35 heavy (non-hydrogen) atoms. The van der Waals surface area contributed by atoms with Crippen LogP contribution in [0.15, 0.2) is 66.9 Å². The minimum absolute atomic E-state index is 0.194. The molecular weight excluding hydrogens is 443 g/mol. The van der Waals surface area contributed by atoms with Gasteiger partial charge in [0.25, 0.3) is 5.91 Å². The van der Waals surface area contributed by atoms with Crippen LogP contribution in [0.1, 0.15) is 32.6 Å². The van der Waals surface area contributed by atoms with E-state index in [1.165, 1.54) is 16.8 Å². The van der Waals surface area contributed by atoms with Crippen molar-refractivity contribution in [2.75, 3.05) is 11.9 Å². The first-order valence-electron chi connectivity index (χ1n) is 11.3. The van der Waals surface area contributed by atoms with Crippen molar-refractivity contribution in [2.24, 2.45) is 0 Å². The van der Waals surface area contributed by atoms with Gasteiger partial charge in [0.05, 0.1) is 17.8 Å². The molecule has 0 fully saturated rings. The largest absolute Gasteiger partial charge is 0.343 e. The number of nitrogens with zero attached hydrogens (tertiary/aromatic N) is 2.